The highest BCUT2D eigenvalue weighted by atomic mass is 35.5. The van der Waals surface area contributed by atoms with Gasteiger partial charge in [0, 0.05) is 26.2 Å². The molecule has 1 atom stereocenters. The van der Waals surface area contributed by atoms with Crippen molar-refractivity contribution in [3.63, 3.8) is 0 Å². The lowest BCUT2D eigenvalue weighted by molar-refractivity contribution is -0.224. The van der Waals surface area contributed by atoms with Crippen molar-refractivity contribution in [2.45, 2.75) is 32.6 Å². The lowest BCUT2D eigenvalue weighted by Crippen LogP contribution is -2.55. The second-order valence-corrected chi connectivity index (χ2v) is 9.03. The van der Waals surface area contributed by atoms with Crippen LogP contribution in [0.4, 0.5) is 15.3 Å². The van der Waals surface area contributed by atoms with Crippen molar-refractivity contribution >= 4 is 47.9 Å². The van der Waals surface area contributed by atoms with Crippen molar-refractivity contribution in [3.8, 4) is 0 Å². The van der Waals surface area contributed by atoms with Gasteiger partial charge < -0.3 is 14.3 Å². The molecule has 1 aromatic rings. The van der Waals surface area contributed by atoms with Gasteiger partial charge in [0.05, 0.1) is 37.4 Å². The summed E-state index contributed by atoms with van der Waals surface area (Å²) in [5, 5.41) is 0.618. The smallest absolute Gasteiger partial charge is 0.369 e. The summed E-state index contributed by atoms with van der Waals surface area (Å²) < 4.78 is 13.5. The van der Waals surface area contributed by atoms with Crippen molar-refractivity contribution in [1.82, 2.24) is 19.0 Å². The number of ether oxygens (including phenoxy) is 2. The lowest BCUT2D eigenvalue weighted by Gasteiger charge is -2.37. The molecule has 1 fully saturated rings. The van der Waals surface area contributed by atoms with Crippen LogP contribution in [0.5, 0.6) is 0 Å². The summed E-state index contributed by atoms with van der Waals surface area (Å²) in [5.41, 5.74) is 3.50. The molecule has 0 bridgehead atoms. The lowest BCUT2D eigenvalue weighted by atomic mass is 10.1. The fourth-order valence-electron chi connectivity index (χ4n) is 2.53. The van der Waals surface area contributed by atoms with Gasteiger partial charge in [-0.25, -0.2) is 18.9 Å². The van der Waals surface area contributed by atoms with E-state index in [4.69, 9.17) is 25.9 Å². The second kappa shape index (κ2) is 11.0. The molecule has 1 unspecified atom stereocenters. The average molecular weight is 474 g/mol. The third-order valence-electron chi connectivity index (χ3n) is 4.33. The van der Waals surface area contributed by atoms with Crippen molar-refractivity contribution < 1.29 is 23.9 Å². The van der Waals surface area contributed by atoms with Gasteiger partial charge in [-0.2, -0.15) is 0 Å². The number of nitrogens with zero attached hydrogens (tertiary/aromatic N) is 4. The maximum Gasteiger partial charge on any atom is 0.440 e. The number of rotatable bonds is 6. The fourth-order valence-corrected chi connectivity index (χ4v) is 3.42. The van der Waals surface area contributed by atoms with Gasteiger partial charge in [0.15, 0.2) is 6.23 Å². The summed E-state index contributed by atoms with van der Waals surface area (Å²) in [7, 11) is 4.58. The molecule has 1 aliphatic heterocycles. The Kier molecular flexibility index (Phi) is 8.95. The molecule has 31 heavy (non-hydrogen) atoms. The maximum atomic E-state index is 12.5. The molecule has 1 heterocycles. The third kappa shape index (κ3) is 7.25. The predicted octanol–water partition coefficient (Wildman–Crippen LogP) is 3.58. The number of halogens is 1. The standard InChI is InChI=1S/C19H28ClN5O5S/c1-13-11-14(20)7-8-15(13)21-12-23(4)17(26)24(5)31-25(6)18(27)30-22-16-19(2,3)29-10-9-28-16/h7-8,11-12,16,22H,9-10H2,1-6H3. The van der Waals surface area contributed by atoms with Gasteiger partial charge in [-0.15, -0.1) is 5.48 Å². The Morgan fingerprint density at radius 1 is 1.29 bits per heavy atom. The SMILES string of the molecule is Cc1cc(Cl)ccc1N=CN(C)C(=O)N(C)SN(C)C(=O)ONC1OCCOC1(C)C. The zero-order chi connectivity index (χ0) is 23.2. The van der Waals surface area contributed by atoms with Gasteiger partial charge in [-0.1, -0.05) is 11.6 Å². The van der Waals surface area contributed by atoms with E-state index in [0.717, 1.165) is 22.0 Å². The van der Waals surface area contributed by atoms with Crippen LogP contribution in [0.2, 0.25) is 5.02 Å². The first-order chi connectivity index (χ1) is 14.5. The quantitative estimate of drug-likeness (QED) is 0.292. The Bertz CT molecular complexity index is 825. The Hall–Kier alpha value is -2.05. The third-order valence-corrected chi connectivity index (χ3v) is 5.36. The van der Waals surface area contributed by atoms with Gasteiger partial charge >= 0.3 is 12.1 Å². The zero-order valence-corrected chi connectivity index (χ0v) is 20.0. The van der Waals surface area contributed by atoms with Crippen LogP contribution in [0.25, 0.3) is 0 Å². The summed E-state index contributed by atoms with van der Waals surface area (Å²) in [6.07, 6.45) is 0.0854. The van der Waals surface area contributed by atoms with E-state index in [2.05, 4.69) is 10.5 Å². The summed E-state index contributed by atoms with van der Waals surface area (Å²) in [6.45, 7) is 6.39. The topological polar surface area (TPSA) is 95.9 Å². The van der Waals surface area contributed by atoms with Crippen LogP contribution in [0, 0.1) is 6.92 Å². The number of urea groups is 1. The van der Waals surface area contributed by atoms with E-state index in [0.29, 0.717) is 23.9 Å². The molecular weight excluding hydrogens is 446 g/mol. The molecule has 0 aromatic heterocycles. The minimum atomic E-state index is -0.706. The second-order valence-electron chi connectivity index (χ2n) is 7.33. The Labute approximate surface area is 191 Å². The molecule has 0 saturated carbocycles. The van der Waals surface area contributed by atoms with Crippen LogP contribution < -0.4 is 5.48 Å². The van der Waals surface area contributed by atoms with Crippen LogP contribution in [-0.2, 0) is 14.3 Å². The number of hydrogen-bond acceptors (Lipinski definition) is 8. The van der Waals surface area contributed by atoms with Gasteiger partial charge in [0.2, 0.25) is 0 Å². The van der Waals surface area contributed by atoms with Crippen LogP contribution in [-0.4, -0.2) is 78.2 Å². The number of hydrogen-bond donors (Lipinski definition) is 1. The molecule has 2 rings (SSSR count). The van der Waals surface area contributed by atoms with Gasteiger partial charge in [-0.05, 0) is 44.5 Å². The average Bonchev–Trinajstić information content (AvgIpc) is 2.70. The molecule has 0 spiro atoms. The van der Waals surface area contributed by atoms with Crippen LogP contribution in [0.15, 0.2) is 23.2 Å². The summed E-state index contributed by atoms with van der Waals surface area (Å²) >= 11 is 6.81. The Morgan fingerprint density at radius 2 is 2.00 bits per heavy atom. The van der Waals surface area contributed by atoms with Crippen molar-refractivity contribution in [2.75, 3.05) is 34.4 Å². The largest absolute Gasteiger partial charge is 0.440 e. The first-order valence-electron chi connectivity index (χ1n) is 9.46. The van der Waals surface area contributed by atoms with Crippen LogP contribution in [0.3, 0.4) is 0 Å². The molecule has 0 radical (unpaired) electrons. The number of carbonyl (C=O) groups excluding carboxylic acids is 2. The minimum Gasteiger partial charge on any atom is -0.369 e. The predicted molar refractivity (Wildman–Crippen MR) is 120 cm³/mol. The number of aliphatic imine (C=N–C) groups is 1. The van der Waals surface area contributed by atoms with Gasteiger partial charge in [0.25, 0.3) is 0 Å². The summed E-state index contributed by atoms with van der Waals surface area (Å²) in [4.78, 5) is 35.4. The normalized spacial score (nSPS) is 18.0. The van der Waals surface area contributed by atoms with E-state index in [1.807, 2.05) is 20.8 Å². The molecular formula is C19H28ClN5O5S. The molecule has 1 aliphatic rings. The van der Waals surface area contributed by atoms with E-state index in [-0.39, 0.29) is 0 Å². The zero-order valence-electron chi connectivity index (χ0n) is 18.4. The number of benzene rings is 1. The fraction of sp³-hybridized carbons (Fsp3) is 0.526. The molecule has 172 valence electrons. The van der Waals surface area contributed by atoms with Crippen molar-refractivity contribution in [3.05, 3.63) is 28.8 Å². The first kappa shape index (κ1) is 25.2. The van der Waals surface area contributed by atoms with E-state index < -0.39 is 24.0 Å². The maximum absolute atomic E-state index is 12.5. The minimum absolute atomic E-state index is 0.391. The molecule has 10 nitrogen and oxygen atoms in total. The van der Waals surface area contributed by atoms with E-state index >= 15 is 0 Å². The van der Waals surface area contributed by atoms with E-state index in [1.54, 1.807) is 25.2 Å². The summed E-state index contributed by atoms with van der Waals surface area (Å²) in [6, 6.07) is 4.89. The van der Waals surface area contributed by atoms with E-state index in [1.165, 1.54) is 29.6 Å². The Morgan fingerprint density at radius 3 is 2.65 bits per heavy atom. The molecule has 1 saturated heterocycles. The molecule has 1 aromatic carbocycles. The van der Waals surface area contributed by atoms with Crippen LogP contribution in [0.1, 0.15) is 19.4 Å². The van der Waals surface area contributed by atoms with Gasteiger partial charge in [-0.3, -0.25) is 9.21 Å². The number of carbonyl (C=O) groups is 2. The van der Waals surface area contributed by atoms with Crippen molar-refractivity contribution in [1.29, 1.82) is 0 Å². The van der Waals surface area contributed by atoms with Crippen molar-refractivity contribution in [2.24, 2.45) is 4.99 Å². The molecule has 3 amide bonds. The number of hydroxylamine groups is 1. The highest BCUT2D eigenvalue weighted by Crippen LogP contribution is 2.23. The summed E-state index contributed by atoms with van der Waals surface area (Å²) in [5.74, 6) is 0. The number of nitrogens with one attached hydrogen (secondary N) is 1. The monoisotopic (exact) mass is 473 g/mol. The highest BCUT2D eigenvalue weighted by molar-refractivity contribution is 7.95. The molecule has 0 aliphatic carbocycles. The van der Waals surface area contributed by atoms with Crippen LogP contribution >= 0.6 is 23.7 Å². The van der Waals surface area contributed by atoms with Gasteiger partial charge in [0.1, 0.15) is 5.60 Å². The highest BCUT2D eigenvalue weighted by Gasteiger charge is 2.36. The Balaban J connectivity index is 1.84. The molecule has 1 N–H and O–H groups in total. The first-order valence-corrected chi connectivity index (χ1v) is 10.6. The number of aryl methyl sites for hydroxylation is 1. The van der Waals surface area contributed by atoms with E-state index in [9.17, 15) is 9.59 Å². The number of amides is 3. The molecule has 12 heteroatoms.